The van der Waals surface area contributed by atoms with E-state index < -0.39 is 0 Å². The fourth-order valence-corrected chi connectivity index (χ4v) is 2.35. The zero-order valence-corrected chi connectivity index (χ0v) is 7.17. The van der Waals surface area contributed by atoms with Crippen molar-refractivity contribution in [2.75, 3.05) is 0 Å². The van der Waals surface area contributed by atoms with Crippen LogP contribution < -0.4 is 0 Å². The van der Waals surface area contributed by atoms with Gasteiger partial charge in [-0.2, -0.15) is 0 Å². The molecule has 0 aromatic rings. The van der Waals surface area contributed by atoms with E-state index in [9.17, 15) is 0 Å². The molecule has 0 spiro atoms. The van der Waals surface area contributed by atoms with Gasteiger partial charge >= 0.3 is 0 Å². The van der Waals surface area contributed by atoms with Crippen molar-refractivity contribution in [3.63, 3.8) is 0 Å². The molecule has 0 aromatic heterocycles. The molecular formula is C11H14. The van der Waals surface area contributed by atoms with E-state index in [2.05, 4.69) is 38.2 Å². The zero-order valence-electron chi connectivity index (χ0n) is 7.17. The van der Waals surface area contributed by atoms with Gasteiger partial charge in [0.05, 0.1) is 0 Å². The van der Waals surface area contributed by atoms with Gasteiger partial charge in [-0.05, 0) is 31.4 Å². The van der Waals surface area contributed by atoms with Gasteiger partial charge < -0.3 is 0 Å². The van der Waals surface area contributed by atoms with E-state index in [4.69, 9.17) is 0 Å². The van der Waals surface area contributed by atoms with Gasteiger partial charge in [-0.15, -0.1) is 0 Å². The number of hydrogen-bond acceptors (Lipinski definition) is 0. The normalized spacial score (nSPS) is 41.3. The lowest BCUT2D eigenvalue weighted by Crippen LogP contribution is -1.95. The van der Waals surface area contributed by atoms with Gasteiger partial charge in [0.15, 0.2) is 0 Å². The summed E-state index contributed by atoms with van der Waals surface area (Å²) in [5.41, 5.74) is 3.14. The number of hydrogen-bond donors (Lipinski definition) is 0. The van der Waals surface area contributed by atoms with Gasteiger partial charge in [0.2, 0.25) is 0 Å². The first-order chi connectivity index (χ1) is 5.36. The molecule has 0 N–H and O–H groups in total. The van der Waals surface area contributed by atoms with Crippen molar-refractivity contribution in [3.8, 4) is 0 Å². The van der Waals surface area contributed by atoms with Crippen molar-refractivity contribution in [3.05, 3.63) is 35.5 Å². The van der Waals surface area contributed by atoms with E-state index in [1.165, 1.54) is 6.42 Å². The van der Waals surface area contributed by atoms with Crippen LogP contribution in [0, 0.1) is 11.8 Å². The van der Waals surface area contributed by atoms with Gasteiger partial charge in [-0.1, -0.05) is 24.3 Å². The van der Waals surface area contributed by atoms with Gasteiger partial charge in [0.25, 0.3) is 0 Å². The van der Waals surface area contributed by atoms with Crippen molar-refractivity contribution >= 4 is 0 Å². The Morgan fingerprint density at radius 1 is 1.09 bits per heavy atom. The fourth-order valence-electron chi connectivity index (χ4n) is 2.35. The van der Waals surface area contributed by atoms with Crippen LogP contribution in [0.4, 0.5) is 0 Å². The third-order valence-corrected chi connectivity index (χ3v) is 2.84. The SMILES string of the molecule is C/C=C1/C(=C/C)C2C=CC1C2. The quantitative estimate of drug-likeness (QED) is 0.461. The molecule has 2 aliphatic carbocycles. The molecule has 0 amide bonds. The lowest BCUT2D eigenvalue weighted by Gasteiger charge is -2.11. The first-order valence-corrected chi connectivity index (χ1v) is 4.38. The lowest BCUT2D eigenvalue weighted by atomic mass is 9.95. The molecule has 2 unspecified atom stereocenters. The van der Waals surface area contributed by atoms with Crippen molar-refractivity contribution in [1.29, 1.82) is 0 Å². The molecule has 11 heavy (non-hydrogen) atoms. The highest BCUT2D eigenvalue weighted by Gasteiger charge is 2.33. The summed E-state index contributed by atoms with van der Waals surface area (Å²) in [7, 11) is 0. The minimum atomic E-state index is 0.746. The topological polar surface area (TPSA) is 0 Å². The molecule has 1 saturated carbocycles. The Morgan fingerprint density at radius 3 is 1.91 bits per heavy atom. The predicted molar refractivity (Wildman–Crippen MR) is 48.3 cm³/mol. The summed E-state index contributed by atoms with van der Waals surface area (Å²) in [5.74, 6) is 1.49. The molecule has 0 radical (unpaired) electrons. The van der Waals surface area contributed by atoms with Crippen LogP contribution in [0.25, 0.3) is 0 Å². The van der Waals surface area contributed by atoms with Crippen LogP contribution in [0.1, 0.15) is 20.3 Å². The van der Waals surface area contributed by atoms with E-state index in [0.29, 0.717) is 0 Å². The Balaban J connectivity index is 2.44. The van der Waals surface area contributed by atoms with Crippen LogP contribution in [0.15, 0.2) is 35.5 Å². The highest BCUT2D eigenvalue weighted by Crippen LogP contribution is 2.46. The summed E-state index contributed by atoms with van der Waals surface area (Å²) < 4.78 is 0. The van der Waals surface area contributed by atoms with Crippen LogP contribution in [0.2, 0.25) is 0 Å². The highest BCUT2D eigenvalue weighted by molar-refractivity contribution is 5.47. The fraction of sp³-hybridized carbons (Fsp3) is 0.455. The number of allylic oxidation sites excluding steroid dienone is 6. The first-order valence-electron chi connectivity index (χ1n) is 4.38. The minimum absolute atomic E-state index is 0.746. The third kappa shape index (κ3) is 0.819. The molecule has 2 bridgehead atoms. The van der Waals surface area contributed by atoms with Crippen LogP contribution >= 0.6 is 0 Å². The van der Waals surface area contributed by atoms with Crippen molar-refractivity contribution < 1.29 is 0 Å². The molecule has 2 rings (SSSR count). The summed E-state index contributed by atoms with van der Waals surface area (Å²) in [6.07, 6.45) is 10.6. The summed E-state index contributed by atoms with van der Waals surface area (Å²) in [6.45, 7) is 4.29. The van der Waals surface area contributed by atoms with Crippen molar-refractivity contribution in [2.45, 2.75) is 20.3 Å². The van der Waals surface area contributed by atoms with Crippen LogP contribution in [-0.2, 0) is 0 Å². The summed E-state index contributed by atoms with van der Waals surface area (Å²) in [4.78, 5) is 0. The van der Waals surface area contributed by atoms with Crippen LogP contribution in [0.5, 0.6) is 0 Å². The summed E-state index contributed by atoms with van der Waals surface area (Å²) >= 11 is 0. The monoisotopic (exact) mass is 146 g/mol. The van der Waals surface area contributed by atoms with E-state index in [0.717, 1.165) is 11.8 Å². The number of rotatable bonds is 0. The third-order valence-electron chi connectivity index (χ3n) is 2.84. The minimum Gasteiger partial charge on any atom is -0.0836 e. The Labute approximate surface area is 68.3 Å². The van der Waals surface area contributed by atoms with Crippen LogP contribution in [-0.4, -0.2) is 0 Å². The summed E-state index contributed by atoms with van der Waals surface area (Å²) in [6, 6.07) is 0. The molecule has 0 aromatic carbocycles. The van der Waals surface area contributed by atoms with E-state index >= 15 is 0 Å². The zero-order chi connectivity index (χ0) is 7.84. The van der Waals surface area contributed by atoms with E-state index in [1.807, 2.05) is 0 Å². The number of fused-ring (bicyclic) bond motifs is 2. The molecule has 2 aliphatic rings. The maximum absolute atomic E-state index is 2.35. The summed E-state index contributed by atoms with van der Waals surface area (Å²) in [5, 5.41) is 0. The molecule has 0 heteroatoms. The smallest absolute Gasteiger partial charge is 0.00265 e. The van der Waals surface area contributed by atoms with Gasteiger partial charge in [-0.25, -0.2) is 0 Å². The Bertz CT molecular complexity index is 227. The average molecular weight is 146 g/mol. The lowest BCUT2D eigenvalue weighted by molar-refractivity contribution is 0.735. The van der Waals surface area contributed by atoms with Crippen molar-refractivity contribution in [1.82, 2.24) is 0 Å². The second kappa shape index (κ2) is 2.37. The highest BCUT2D eigenvalue weighted by atomic mass is 14.4. The van der Waals surface area contributed by atoms with Gasteiger partial charge in [-0.3, -0.25) is 0 Å². The Morgan fingerprint density at radius 2 is 1.55 bits per heavy atom. The molecule has 1 fully saturated rings. The van der Waals surface area contributed by atoms with E-state index in [1.54, 1.807) is 11.1 Å². The average Bonchev–Trinajstić information content (AvgIpc) is 2.60. The predicted octanol–water partition coefficient (Wildman–Crippen LogP) is 3.08. The first kappa shape index (κ1) is 6.90. The van der Waals surface area contributed by atoms with Gasteiger partial charge in [0.1, 0.15) is 0 Å². The molecule has 0 saturated heterocycles. The van der Waals surface area contributed by atoms with Gasteiger partial charge in [0, 0.05) is 11.8 Å². The molecule has 2 atom stereocenters. The Hall–Kier alpha value is -0.780. The standard InChI is InChI=1S/C11H14/c1-3-10-8-5-6-9(7-8)11(10)4-2/h3-6,8-9H,7H2,1-2H3/b10-3+,11-4+. The molecular weight excluding hydrogens is 132 g/mol. The second-order valence-corrected chi connectivity index (χ2v) is 3.32. The molecule has 0 heterocycles. The van der Waals surface area contributed by atoms with Crippen molar-refractivity contribution in [2.24, 2.45) is 11.8 Å². The largest absolute Gasteiger partial charge is 0.0836 e. The second-order valence-electron chi connectivity index (χ2n) is 3.32. The maximum Gasteiger partial charge on any atom is 0.00265 e. The molecule has 58 valence electrons. The van der Waals surface area contributed by atoms with Crippen LogP contribution in [0.3, 0.4) is 0 Å². The Kier molecular flexibility index (Phi) is 1.49. The van der Waals surface area contributed by atoms with E-state index in [-0.39, 0.29) is 0 Å². The maximum atomic E-state index is 2.35. The molecule has 0 nitrogen and oxygen atoms in total. The molecule has 0 aliphatic heterocycles.